The molecule has 3 atom stereocenters. The van der Waals surface area contributed by atoms with Crippen LogP contribution in [-0.2, 0) is 14.8 Å². The number of fused-ring (bicyclic) bond motifs is 2. The number of carbonyl (C=O) groups excluding carboxylic acids is 1. The Morgan fingerprint density at radius 2 is 1.96 bits per heavy atom. The van der Waals surface area contributed by atoms with Crippen molar-refractivity contribution in [3.63, 3.8) is 0 Å². The molecule has 1 aromatic carbocycles. The summed E-state index contributed by atoms with van der Waals surface area (Å²) in [5.74, 6) is 0.182. The quantitative estimate of drug-likeness (QED) is 0.495. The number of benzene rings is 1. The molecule has 1 fully saturated rings. The number of carbonyl (C=O) groups is 1. The number of hydrogen-bond donors (Lipinski definition) is 1. The molecule has 1 saturated heterocycles. The minimum Gasteiger partial charge on any atom is -0.453 e. The second-order valence-electron chi connectivity index (χ2n) is 6.76. The average Bonchev–Trinajstić information content (AvgIpc) is 2.66. The van der Waals surface area contributed by atoms with Crippen LogP contribution in [0.15, 0.2) is 46.4 Å². The lowest BCUT2D eigenvalue weighted by Gasteiger charge is -2.45. The third kappa shape index (κ3) is 3.60. The van der Waals surface area contributed by atoms with E-state index in [1.165, 1.54) is 7.11 Å². The summed E-state index contributed by atoms with van der Waals surface area (Å²) in [6.45, 7) is 4.30. The molecule has 26 heavy (non-hydrogen) atoms. The Bertz CT molecular complexity index is 846. The third-order valence-electron chi connectivity index (χ3n) is 4.96. The molecule has 2 heterocycles. The molecule has 1 aliphatic carbocycles. The molecule has 8 heteroatoms. The van der Waals surface area contributed by atoms with E-state index in [9.17, 15) is 13.2 Å². The van der Waals surface area contributed by atoms with Crippen molar-refractivity contribution in [3.05, 3.63) is 42.0 Å². The van der Waals surface area contributed by atoms with Gasteiger partial charge in [0.1, 0.15) is 0 Å². The van der Waals surface area contributed by atoms with E-state index in [1.54, 1.807) is 36.1 Å². The van der Waals surface area contributed by atoms with Gasteiger partial charge in [0.2, 0.25) is 0 Å². The van der Waals surface area contributed by atoms with Crippen LogP contribution in [0.2, 0.25) is 0 Å². The Kier molecular flexibility index (Phi) is 5.04. The van der Waals surface area contributed by atoms with Crippen molar-refractivity contribution in [1.29, 1.82) is 0 Å². The summed E-state index contributed by atoms with van der Waals surface area (Å²) in [4.78, 5) is 16.1. The molecule has 0 aromatic heterocycles. The predicted molar refractivity (Wildman–Crippen MR) is 98.2 cm³/mol. The maximum absolute atomic E-state index is 12.4. The van der Waals surface area contributed by atoms with Gasteiger partial charge in [0, 0.05) is 18.2 Å². The lowest BCUT2D eigenvalue weighted by Crippen LogP contribution is -2.54. The van der Waals surface area contributed by atoms with Crippen molar-refractivity contribution in [2.75, 3.05) is 13.7 Å². The molecule has 4 rings (SSSR count). The number of amides is 1. The van der Waals surface area contributed by atoms with Crippen molar-refractivity contribution in [3.8, 4) is 0 Å². The van der Waals surface area contributed by atoms with Crippen LogP contribution in [0.25, 0.3) is 0 Å². The molecule has 7 nitrogen and oxygen atoms in total. The molecule has 1 aromatic rings. The number of piperidine rings is 1. The van der Waals surface area contributed by atoms with Crippen molar-refractivity contribution in [2.24, 2.45) is 16.9 Å². The Balaban J connectivity index is 1.76. The minimum absolute atomic E-state index is 0.0430. The van der Waals surface area contributed by atoms with Gasteiger partial charge in [-0.15, -0.1) is 0 Å². The zero-order chi connectivity index (χ0) is 18.9. The van der Waals surface area contributed by atoms with Gasteiger partial charge >= 0.3 is 6.09 Å². The molecule has 2 aliphatic heterocycles. The summed E-state index contributed by atoms with van der Waals surface area (Å²) in [6, 6.07) is 6.41. The van der Waals surface area contributed by atoms with Gasteiger partial charge in [-0.05, 0) is 38.3 Å². The smallest absolute Gasteiger partial charge is 0.410 e. The molecule has 3 aliphatic rings. The molecular formula is C18H23N3O4S. The van der Waals surface area contributed by atoms with Crippen molar-refractivity contribution in [1.82, 2.24) is 9.73 Å². The summed E-state index contributed by atoms with van der Waals surface area (Å²) in [6.07, 6.45) is 4.54. The van der Waals surface area contributed by atoms with E-state index < -0.39 is 10.0 Å². The second kappa shape index (κ2) is 7.11. The lowest BCUT2D eigenvalue weighted by molar-refractivity contribution is 0.0751. The van der Waals surface area contributed by atoms with Crippen LogP contribution in [0.3, 0.4) is 0 Å². The molecule has 0 spiro atoms. The summed E-state index contributed by atoms with van der Waals surface area (Å²) < 4.78 is 29.6. The second-order valence-corrected chi connectivity index (χ2v) is 8.42. The number of nitrogens with zero attached hydrogens (tertiary/aromatic N) is 2. The highest BCUT2D eigenvalue weighted by atomic mass is 32.2. The zero-order valence-corrected chi connectivity index (χ0v) is 15.9. The average molecular weight is 377 g/mol. The number of sulfonamides is 1. The molecule has 1 amide bonds. The summed E-state index contributed by atoms with van der Waals surface area (Å²) in [7, 11) is -2.36. The summed E-state index contributed by atoms with van der Waals surface area (Å²) in [5.41, 5.74) is 1.63. The number of ether oxygens (including phenoxy) is 1. The van der Waals surface area contributed by atoms with Crippen LogP contribution in [0.4, 0.5) is 4.79 Å². The highest BCUT2D eigenvalue weighted by Gasteiger charge is 2.41. The van der Waals surface area contributed by atoms with Gasteiger partial charge in [-0.3, -0.25) is 0 Å². The Labute approximate surface area is 153 Å². The summed E-state index contributed by atoms with van der Waals surface area (Å²) >= 11 is 0. The standard InChI is InChI=1S/C18H23N3O4S/c1-12-4-7-15(8-5-12)26(23,24)20-19-13(2)16-10-14-6-9-17(16)21(11-14)18(22)25-3/h4-9,14,16-17,20H,10-11H2,1-3H3/b19-13+. The van der Waals surface area contributed by atoms with E-state index in [1.807, 2.05) is 13.0 Å². The van der Waals surface area contributed by atoms with Gasteiger partial charge in [0.25, 0.3) is 10.0 Å². The van der Waals surface area contributed by atoms with Gasteiger partial charge in [0.05, 0.1) is 18.0 Å². The normalized spacial score (nSPS) is 25.3. The van der Waals surface area contributed by atoms with Gasteiger partial charge < -0.3 is 9.64 Å². The van der Waals surface area contributed by atoms with Crippen LogP contribution in [0.1, 0.15) is 18.9 Å². The number of hydrogen-bond acceptors (Lipinski definition) is 5. The van der Waals surface area contributed by atoms with Gasteiger partial charge in [-0.25, -0.2) is 9.63 Å². The molecule has 3 unspecified atom stereocenters. The van der Waals surface area contributed by atoms with Crippen LogP contribution in [0, 0.1) is 18.8 Å². The zero-order valence-electron chi connectivity index (χ0n) is 15.0. The van der Waals surface area contributed by atoms with E-state index in [4.69, 9.17) is 4.74 Å². The number of nitrogens with one attached hydrogen (secondary N) is 1. The molecule has 0 radical (unpaired) electrons. The first kappa shape index (κ1) is 18.4. The van der Waals surface area contributed by atoms with E-state index >= 15 is 0 Å². The lowest BCUT2D eigenvalue weighted by atomic mass is 9.76. The number of hydrazone groups is 1. The minimum atomic E-state index is -3.72. The van der Waals surface area contributed by atoms with Gasteiger partial charge in [-0.2, -0.15) is 13.5 Å². The fourth-order valence-electron chi connectivity index (χ4n) is 3.50. The first-order chi connectivity index (χ1) is 12.3. The summed E-state index contributed by atoms with van der Waals surface area (Å²) in [5, 5.41) is 4.12. The van der Waals surface area contributed by atoms with Crippen LogP contribution >= 0.6 is 0 Å². The highest BCUT2D eigenvalue weighted by Crippen LogP contribution is 2.35. The SMILES string of the molecule is COC(=O)N1CC2C=CC1C(/C(C)=N/NS(=O)(=O)c1ccc(C)cc1)C2. The molecule has 2 bridgehead atoms. The predicted octanol–water partition coefficient (Wildman–Crippen LogP) is 2.29. The number of rotatable bonds is 4. The van der Waals surface area contributed by atoms with Crippen molar-refractivity contribution < 1.29 is 17.9 Å². The van der Waals surface area contributed by atoms with E-state index in [0.29, 0.717) is 12.3 Å². The third-order valence-corrected chi connectivity index (χ3v) is 6.18. The fraction of sp³-hybridized carbons (Fsp3) is 0.444. The number of methoxy groups -OCH3 is 1. The Morgan fingerprint density at radius 3 is 2.58 bits per heavy atom. The topological polar surface area (TPSA) is 88.1 Å². The molecular weight excluding hydrogens is 354 g/mol. The van der Waals surface area contributed by atoms with Crippen LogP contribution in [-0.4, -0.2) is 44.8 Å². The largest absolute Gasteiger partial charge is 0.453 e. The maximum atomic E-state index is 12.4. The molecule has 0 saturated carbocycles. The molecule has 1 N–H and O–H groups in total. The van der Waals surface area contributed by atoms with Crippen LogP contribution < -0.4 is 4.83 Å². The fourth-order valence-corrected chi connectivity index (χ4v) is 4.36. The Morgan fingerprint density at radius 1 is 1.27 bits per heavy atom. The monoisotopic (exact) mass is 377 g/mol. The highest BCUT2D eigenvalue weighted by molar-refractivity contribution is 7.89. The van der Waals surface area contributed by atoms with Gasteiger partial charge in [-0.1, -0.05) is 29.8 Å². The Hall–Kier alpha value is -2.35. The van der Waals surface area contributed by atoms with Gasteiger partial charge in [0.15, 0.2) is 0 Å². The van der Waals surface area contributed by atoms with Crippen LogP contribution in [0.5, 0.6) is 0 Å². The van der Waals surface area contributed by atoms with Crippen molar-refractivity contribution >= 4 is 21.8 Å². The van der Waals surface area contributed by atoms with Crippen molar-refractivity contribution in [2.45, 2.75) is 31.2 Å². The number of aryl methyl sites for hydroxylation is 1. The van der Waals surface area contributed by atoms with E-state index in [0.717, 1.165) is 12.0 Å². The first-order valence-corrected chi connectivity index (χ1v) is 9.95. The van der Waals surface area contributed by atoms with E-state index in [-0.39, 0.29) is 28.9 Å². The first-order valence-electron chi connectivity index (χ1n) is 8.47. The van der Waals surface area contributed by atoms with E-state index in [2.05, 4.69) is 16.0 Å². The molecule has 140 valence electrons. The maximum Gasteiger partial charge on any atom is 0.410 e.